The summed E-state index contributed by atoms with van der Waals surface area (Å²) in [5.74, 6) is -1.17. The standard InChI is InChI=1S/C11H20F3NOS/c1-8(17(2)16)7-15-10-5-3-4-9(6-10)11(12,13)14/h8-10,15H,3-7H2,1-2H3. The Kier molecular flexibility index (Phi) is 5.44. The van der Waals surface area contributed by atoms with E-state index in [1.54, 1.807) is 6.26 Å². The number of nitrogens with one attached hydrogen (secondary N) is 1. The summed E-state index contributed by atoms with van der Waals surface area (Å²) < 4.78 is 48.8. The van der Waals surface area contributed by atoms with Crippen LogP contribution in [0.25, 0.3) is 0 Å². The molecule has 1 rings (SSSR count). The van der Waals surface area contributed by atoms with Crippen LogP contribution in [-0.4, -0.2) is 34.5 Å². The van der Waals surface area contributed by atoms with Gasteiger partial charge in [-0.2, -0.15) is 13.2 Å². The van der Waals surface area contributed by atoms with Crippen LogP contribution in [0, 0.1) is 5.92 Å². The van der Waals surface area contributed by atoms with Crippen LogP contribution in [0.1, 0.15) is 32.6 Å². The third kappa shape index (κ3) is 4.95. The van der Waals surface area contributed by atoms with Crippen LogP contribution in [0.2, 0.25) is 0 Å². The molecule has 0 spiro atoms. The predicted octanol–water partition coefficient (Wildman–Crippen LogP) is 2.46. The third-order valence-electron chi connectivity index (χ3n) is 3.40. The first-order valence-corrected chi connectivity index (χ1v) is 7.55. The summed E-state index contributed by atoms with van der Waals surface area (Å²) in [7, 11) is -0.925. The van der Waals surface area contributed by atoms with Gasteiger partial charge in [0.2, 0.25) is 0 Å². The Bertz CT molecular complexity index is 270. The fraction of sp³-hybridized carbons (Fsp3) is 1.00. The zero-order valence-corrected chi connectivity index (χ0v) is 11.0. The highest BCUT2D eigenvalue weighted by Crippen LogP contribution is 2.37. The van der Waals surface area contributed by atoms with Gasteiger partial charge in [0.05, 0.1) is 5.92 Å². The maximum atomic E-state index is 12.6. The second-order valence-corrected chi connectivity index (χ2v) is 6.62. The van der Waals surface area contributed by atoms with E-state index in [1.165, 1.54) is 0 Å². The normalized spacial score (nSPS) is 29.9. The van der Waals surface area contributed by atoms with E-state index in [0.29, 0.717) is 13.0 Å². The molecule has 1 saturated carbocycles. The average Bonchev–Trinajstić information content (AvgIpc) is 2.25. The first kappa shape index (κ1) is 15.0. The predicted molar refractivity (Wildman–Crippen MR) is 63.3 cm³/mol. The molecule has 0 bridgehead atoms. The highest BCUT2D eigenvalue weighted by molar-refractivity contribution is 7.84. The van der Waals surface area contributed by atoms with Crippen LogP contribution in [-0.2, 0) is 10.8 Å². The lowest BCUT2D eigenvalue weighted by Gasteiger charge is -2.31. The van der Waals surface area contributed by atoms with Crippen LogP contribution >= 0.6 is 0 Å². The van der Waals surface area contributed by atoms with E-state index in [0.717, 1.165) is 6.42 Å². The van der Waals surface area contributed by atoms with E-state index in [-0.39, 0.29) is 24.1 Å². The topological polar surface area (TPSA) is 29.1 Å². The summed E-state index contributed by atoms with van der Waals surface area (Å²) in [4.78, 5) is 0. The van der Waals surface area contributed by atoms with Crippen molar-refractivity contribution < 1.29 is 17.4 Å². The summed E-state index contributed by atoms with van der Waals surface area (Å²) in [5.41, 5.74) is 0. The first-order chi connectivity index (χ1) is 7.80. The van der Waals surface area contributed by atoms with E-state index in [4.69, 9.17) is 0 Å². The molecule has 6 heteroatoms. The average molecular weight is 271 g/mol. The van der Waals surface area contributed by atoms with E-state index < -0.39 is 22.9 Å². The molecule has 0 radical (unpaired) electrons. The molecule has 1 fully saturated rings. The molecule has 1 aliphatic rings. The molecule has 0 aliphatic heterocycles. The molecule has 0 heterocycles. The van der Waals surface area contributed by atoms with Crippen molar-refractivity contribution in [1.82, 2.24) is 5.32 Å². The molecule has 2 nitrogen and oxygen atoms in total. The van der Waals surface area contributed by atoms with E-state index in [1.807, 2.05) is 6.92 Å². The molecule has 1 N–H and O–H groups in total. The summed E-state index contributed by atoms with van der Waals surface area (Å²) in [6.07, 6.45) is -0.643. The lowest BCUT2D eigenvalue weighted by molar-refractivity contribution is -0.183. The molecule has 0 aromatic carbocycles. The Hall–Kier alpha value is -0.100. The van der Waals surface area contributed by atoms with Crippen molar-refractivity contribution >= 4 is 10.8 Å². The van der Waals surface area contributed by atoms with Gasteiger partial charge < -0.3 is 5.32 Å². The number of rotatable bonds is 4. The number of hydrogen-bond acceptors (Lipinski definition) is 2. The van der Waals surface area contributed by atoms with Gasteiger partial charge in [0, 0.05) is 34.9 Å². The molecule has 0 amide bonds. The molecule has 0 saturated heterocycles. The highest BCUT2D eigenvalue weighted by atomic mass is 32.2. The van der Waals surface area contributed by atoms with Gasteiger partial charge in [-0.05, 0) is 26.2 Å². The minimum atomic E-state index is -4.07. The van der Waals surface area contributed by atoms with Gasteiger partial charge in [-0.15, -0.1) is 0 Å². The quantitative estimate of drug-likeness (QED) is 0.851. The van der Waals surface area contributed by atoms with Gasteiger partial charge in [-0.25, -0.2) is 0 Å². The van der Waals surface area contributed by atoms with Crippen LogP contribution in [0.15, 0.2) is 0 Å². The van der Waals surface area contributed by atoms with Gasteiger partial charge in [0.15, 0.2) is 0 Å². The maximum absolute atomic E-state index is 12.6. The molecule has 0 aromatic rings. The number of alkyl halides is 3. The largest absolute Gasteiger partial charge is 0.391 e. The zero-order chi connectivity index (χ0) is 13.1. The van der Waals surface area contributed by atoms with Gasteiger partial charge in [-0.3, -0.25) is 4.21 Å². The minimum absolute atomic E-state index is 0.0127. The van der Waals surface area contributed by atoms with Crippen molar-refractivity contribution in [1.29, 1.82) is 0 Å². The zero-order valence-electron chi connectivity index (χ0n) is 10.2. The van der Waals surface area contributed by atoms with Crippen molar-refractivity contribution in [3.05, 3.63) is 0 Å². The molecule has 0 aromatic heterocycles. The molecule has 4 atom stereocenters. The van der Waals surface area contributed by atoms with Crippen LogP contribution in [0.3, 0.4) is 0 Å². The Balaban J connectivity index is 2.37. The Morgan fingerprint density at radius 1 is 1.41 bits per heavy atom. The van der Waals surface area contributed by atoms with Crippen molar-refractivity contribution in [2.75, 3.05) is 12.8 Å². The SMILES string of the molecule is CC(CNC1CCCC(C(F)(F)F)C1)S(C)=O. The Morgan fingerprint density at radius 2 is 2.06 bits per heavy atom. The molecule has 102 valence electrons. The second-order valence-electron chi connectivity index (χ2n) is 4.82. The van der Waals surface area contributed by atoms with Crippen LogP contribution < -0.4 is 5.32 Å². The number of hydrogen-bond donors (Lipinski definition) is 1. The van der Waals surface area contributed by atoms with Gasteiger partial charge in [-0.1, -0.05) is 6.42 Å². The van der Waals surface area contributed by atoms with E-state index in [2.05, 4.69) is 5.32 Å². The van der Waals surface area contributed by atoms with Crippen molar-refractivity contribution in [2.24, 2.45) is 5.92 Å². The number of halogens is 3. The summed E-state index contributed by atoms with van der Waals surface area (Å²) in [6.45, 7) is 2.37. The molecule has 17 heavy (non-hydrogen) atoms. The monoisotopic (exact) mass is 271 g/mol. The van der Waals surface area contributed by atoms with Crippen molar-refractivity contribution in [2.45, 2.75) is 50.1 Å². The van der Waals surface area contributed by atoms with E-state index >= 15 is 0 Å². The third-order valence-corrected chi connectivity index (χ3v) is 4.70. The van der Waals surface area contributed by atoms with Crippen molar-refractivity contribution in [3.63, 3.8) is 0 Å². The molecule has 4 unspecified atom stereocenters. The summed E-state index contributed by atoms with van der Waals surface area (Å²) >= 11 is 0. The summed E-state index contributed by atoms with van der Waals surface area (Å²) in [6, 6.07) is -0.0821. The van der Waals surface area contributed by atoms with Gasteiger partial charge in [0.1, 0.15) is 0 Å². The van der Waals surface area contributed by atoms with Crippen LogP contribution in [0.4, 0.5) is 13.2 Å². The lowest BCUT2D eigenvalue weighted by atomic mass is 9.85. The van der Waals surface area contributed by atoms with Gasteiger partial charge >= 0.3 is 6.18 Å². The van der Waals surface area contributed by atoms with E-state index in [9.17, 15) is 17.4 Å². The molecular weight excluding hydrogens is 251 g/mol. The van der Waals surface area contributed by atoms with Crippen molar-refractivity contribution in [3.8, 4) is 0 Å². The fourth-order valence-corrected chi connectivity index (χ4v) is 2.45. The maximum Gasteiger partial charge on any atom is 0.391 e. The highest BCUT2D eigenvalue weighted by Gasteiger charge is 2.42. The molecule has 1 aliphatic carbocycles. The molecular formula is C11H20F3NOS. The summed E-state index contributed by atoms with van der Waals surface area (Å²) in [5, 5.41) is 3.10. The first-order valence-electron chi connectivity index (χ1n) is 5.93. The minimum Gasteiger partial charge on any atom is -0.313 e. The Morgan fingerprint density at radius 3 is 2.59 bits per heavy atom. The Labute approximate surface area is 103 Å². The lowest BCUT2D eigenvalue weighted by Crippen LogP contribution is -2.41. The van der Waals surface area contributed by atoms with Crippen LogP contribution in [0.5, 0.6) is 0 Å². The smallest absolute Gasteiger partial charge is 0.313 e. The van der Waals surface area contributed by atoms with Gasteiger partial charge in [0.25, 0.3) is 0 Å². The second kappa shape index (κ2) is 6.18. The fourth-order valence-electron chi connectivity index (χ4n) is 2.12.